The summed E-state index contributed by atoms with van der Waals surface area (Å²) in [5.41, 5.74) is -0.751. The molecule has 41 heavy (non-hydrogen) atoms. The van der Waals surface area contributed by atoms with Gasteiger partial charge in [0.1, 0.15) is 23.4 Å². The van der Waals surface area contributed by atoms with Crippen LogP contribution in [0.15, 0.2) is 32.6 Å². The van der Waals surface area contributed by atoms with Gasteiger partial charge in [-0.05, 0) is 30.6 Å². The molecule has 0 saturated heterocycles. The van der Waals surface area contributed by atoms with E-state index < -0.39 is 40.6 Å². The van der Waals surface area contributed by atoms with Crippen molar-refractivity contribution in [3.05, 3.63) is 22.7 Å². The van der Waals surface area contributed by atoms with Crippen molar-refractivity contribution in [3.8, 4) is 0 Å². The average Bonchev–Trinajstić information content (AvgIpc) is 2.85. The summed E-state index contributed by atoms with van der Waals surface area (Å²) in [7, 11) is 2.49. The first-order valence-corrected chi connectivity index (χ1v) is 14.3. The summed E-state index contributed by atoms with van der Waals surface area (Å²) in [6, 6.07) is -0.461. The predicted octanol–water partition coefficient (Wildman–Crippen LogP) is 5.06. The Bertz CT molecular complexity index is 1190. The van der Waals surface area contributed by atoms with Crippen molar-refractivity contribution in [2.75, 3.05) is 20.8 Å². The van der Waals surface area contributed by atoms with Gasteiger partial charge in [0, 0.05) is 24.3 Å². The molecule has 0 heterocycles. The van der Waals surface area contributed by atoms with Crippen molar-refractivity contribution in [1.82, 2.24) is 0 Å². The third-order valence-electron chi connectivity index (χ3n) is 7.76. The number of aliphatic imine (C=N–C) groups is 2. The van der Waals surface area contributed by atoms with Crippen molar-refractivity contribution in [3.63, 3.8) is 0 Å². The van der Waals surface area contributed by atoms with Gasteiger partial charge in [-0.3, -0.25) is 29.2 Å². The number of methoxy groups -OCH3 is 2. The molecule has 0 aromatic rings. The number of carbonyl (C=O) groups is 4. The van der Waals surface area contributed by atoms with E-state index in [-0.39, 0.29) is 53.6 Å². The Morgan fingerprint density at radius 1 is 0.829 bits per heavy atom. The van der Waals surface area contributed by atoms with E-state index >= 15 is 0 Å². The Balaban J connectivity index is 2.54. The molecule has 228 valence electrons. The van der Waals surface area contributed by atoms with Gasteiger partial charge >= 0.3 is 11.9 Å². The van der Waals surface area contributed by atoms with E-state index in [0.29, 0.717) is 37.1 Å². The van der Waals surface area contributed by atoms with E-state index in [9.17, 15) is 29.4 Å². The summed E-state index contributed by atoms with van der Waals surface area (Å²) < 4.78 is 9.84. The minimum Gasteiger partial charge on any atom is -0.511 e. The van der Waals surface area contributed by atoms with Crippen molar-refractivity contribution in [2.24, 2.45) is 32.7 Å². The van der Waals surface area contributed by atoms with E-state index in [1.165, 1.54) is 14.2 Å². The molecule has 0 spiro atoms. The summed E-state index contributed by atoms with van der Waals surface area (Å²) in [6.07, 6.45) is 2.19. The lowest BCUT2D eigenvalue weighted by Gasteiger charge is -2.36. The monoisotopic (exact) mass is 574 g/mol. The van der Waals surface area contributed by atoms with E-state index in [2.05, 4.69) is 4.99 Å². The highest BCUT2D eigenvalue weighted by molar-refractivity contribution is 6.24. The van der Waals surface area contributed by atoms with Crippen molar-refractivity contribution in [1.29, 1.82) is 0 Å². The molecule has 0 radical (unpaired) electrons. The number of esters is 2. The molecule has 0 saturated carbocycles. The number of hydrogen-bond donors (Lipinski definition) is 2. The van der Waals surface area contributed by atoms with E-state index in [4.69, 9.17) is 14.5 Å². The molecule has 2 aliphatic carbocycles. The molecule has 0 amide bonds. The zero-order valence-corrected chi connectivity index (χ0v) is 25.9. The summed E-state index contributed by atoms with van der Waals surface area (Å²) in [6.45, 7) is 12.7. The van der Waals surface area contributed by atoms with Gasteiger partial charge in [0.05, 0.1) is 38.0 Å². The van der Waals surface area contributed by atoms with Crippen molar-refractivity contribution >= 4 is 34.9 Å². The molecule has 3 atom stereocenters. The number of rotatable bonds is 11. The fourth-order valence-electron chi connectivity index (χ4n) is 5.80. The van der Waals surface area contributed by atoms with Crippen LogP contribution >= 0.6 is 0 Å². The zero-order valence-electron chi connectivity index (χ0n) is 25.9. The van der Waals surface area contributed by atoms with E-state index in [0.717, 1.165) is 0 Å². The van der Waals surface area contributed by atoms with Crippen molar-refractivity contribution in [2.45, 2.75) is 93.0 Å². The fourth-order valence-corrected chi connectivity index (χ4v) is 5.80. The zero-order chi connectivity index (χ0) is 31.3. The summed E-state index contributed by atoms with van der Waals surface area (Å²) in [4.78, 5) is 60.8. The Morgan fingerprint density at radius 2 is 1.22 bits per heavy atom. The van der Waals surface area contributed by atoms with Gasteiger partial charge in [-0.15, -0.1) is 0 Å². The van der Waals surface area contributed by atoms with Gasteiger partial charge in [0.2, 0.25) is 0 Å². The van der Waals surface area contributed by atoms with Crippen LogP contribution in [-0.4, -0.2) is 71.9 Å². The number of aliphatic hydroxyl groups is 2. The summed E-state index contributed by atoms with van der Waals surface area (Å²) in [5, 5.41) is 22.3. The number of ether oxygens (including phenoxy) is 2. The summed E-state index contributed by atoms with van der Waals surface area (Å²) >= 11 is 0. The second kappa shape index (κ2) is 13.6. The van der Waals surface area contributed by atoms with Crippen LogP contribution in [0.2, 0.25) is 0 Å². The topological polar surface area (TPSA) is 152 Å². The second-order valence-electron chi connectivity index (χ2n) is 12.3. The lowest BCUT2D eigenvalue weighted by Crippen LogP contribution is -2.42. The quantitative estimate of drug-likeness (QED) is 0.257. The normalized spacial score (nSPS) is 23.9. The third-order valence-corrected chi connectivity index (χ3v) is 7.76. The largest absolute Gasteiger partial charge is 0.511 e. The highest BCUT2D eigenvalue weighted by Crippen LogP contribution is 2.44. The molecule has 2 aliphatic rings. The Morgan fingerprint density at radius 3 is 1.61 bits per heavy atom. The van der Waals surface area contributed by atoms with Crippen molar-refractivity contribution < 1.29 is 38.9 Å². The molecule has 10 heteroatoms. The predicted molar refractivity (Wildman–Crippen MR) is 156 cm³/mol. The maximum atomic E-state index is 13.2. The SMILES string of the molecule is CCCC(=NC[C@@H](C)N=C(CCC)C1=C(O)[C@H](C(=O)OC)C(C)(C)CC1=O)C1=C(O)[C@@H](C(=O)OC)C(C)(C)CC1=O. The van der Waals surface area contributed by atoms with E-state index in [1.54, 1.807) is 34.6 Å². The maximum Gasteiger partial charge on any atom is 0.316 e. The maximum absolute atomic E-state index is 13.2. The molecular weight excluding hydrogens is 528 g/mol. The number of aliphatic hydroxyl groups excluding tert-OH is 2. The number of hydrogen-bond acceptors (Lipinski definition) is 10. The molecule has 0 aliphatic heterocycles. The van der Waals surface area contributed by atoms with Gasteiger partial charge in [-0.25, -0.2) is 0 Å². The highest BCUT2D eigenvalue weighted by Gasteiger charge is 2.49. The second-order valence-corrected chi connectivity index (χ2v) is 12.3. The van der Waals surface area contributed by atoms with Crippen LogP contribution in [-0.2, 0) is 28.7 Å². The molecular formula is C31H46N2O8. The Hall–Kier alpha value is -3.30. The van der Waals surface area contributed by atoms with Crippen LogP contribution in [0, 0.1) is 22.7 Å². The molecule has 0 aromatic carbocycles. The molecule has 10 nitrogen and oxygen atoms in total. The molecule has 2 rings (SSSR count). The first-order valence-electron chi connectivity index (χ1n) is 14.3. The van der Waals surface area contributed by atoms with Crippen LogP contribution in [0.5, 0.6) is 0 Å². The average molecular weight is 575 g/mol. The summed E-state index contributed by atoms with van der Waals surface area (Å²) in [5.74, 6) is -4.45. The van der Waals surface area contributed by atoms with Crippen LogP contribution in [0.1, 0.15) is 87.0 Å². The number of Topliss-reactive ketones (excluding diaryl/α,β-unsaturated/α-hetero) is 2. The highest BCUT2D eigenvalue weighted by atomic mass is 16.5. The number of ketones is 2. The molecule has 2 N–H and O–H groups in total. The fraction of sp³-hybridized carbons (Fsp3) is 0.677. The molecule has 0 aromatic heterocycles. The molecule has 0 bridgehead atoms. The first-order chi connectivity index (χ1) is 19.1. The van der Waals surface area contributed by atoms with Gasteiger partial charge in [-0.2, -0.15) is 0 Å². The van der Waals surface area contributed by atoms with E-state index in [1.807, 2.05) is 13.8 Å². The number of allylic oxidation sites excluding steroid dienone is 2. The Kier molecular flexibility index (Phi) is 11.2. The first kappa shape index (κ1) is 33.9. The minimum atomic E-state index is -0.994. The molecule has 0 fully saturated rings. The standard InChI is InChI=1S/C31H46N2O8/c1-10-12-18(22-20(34)14-30(4,5)24(26(22)36)28(38)40-8)32-16-17(3)33-19(13-11-2)23-21(35)15-31(6,7)25(27(23)37)29(39)41-9/h17,24-25,36-37H,10-16H2,1-9H3/t17-,24+,25-/m1/s1. The van der Waals surface area contributed by atoms with Gasteiger partial charge < -0.3 is 19.7 Å². The minimum absolute atomic E-state index is 0.0509. The molecule has 0 unspecified atom stereocenters. The van der Waals surface area contributed by atoms with Crippen LogP contribution in [0.4, 0.5) is 0 Å². The van der Waals surface area contributed by atoms with Gasteiger partial charge in [0.15, 0.2) is 11.6 Å². The lowest BCUT2D eigenvalue weighted by molar-refractivity contribution is -0.151. The van der Waals surface area contributed by atoms with Gasteiger partial charge in [0.25, 0.3) is 0 Å². The van der Waals surface area contributed by atoms with Crippen LogP contribution < -0.4 is 0 Å². The lowest BCUT2D eigenvalue weighted by atomic mass is 9.67. The van der Waals surface area contributed by atoms with Crippen LogP contribution in [0.3, 0.4) is 0 Å². The van der Waals surface area contributed by atoms with Crippen LogP contribution in [0.25, 0.3) is 0 Å². The smallest absolute Gasteiger partial charge is 0.316 e. The number of nitrogens with zero attached hydrogens (tertiary/aromatic N) is 2. The Labute approximate surface area is 243 Å². The van der Waals surface area contributed by atoms with Gasteiger partial charge in [-0.1, -0.05) is 54.4 Å². The third kappa shape index (κ3) is 7.32. The number of carbonyl (C=O) groups excluding carboxylic acids is 4.